The largest absolute Gasteiger partial charge is 0.416 e. The fourth-order valence-corrected chi connectivity index (χ4v) is 4.04. The molecule has 0 aliphatic carbocycles. The van der Waals surface area contributed by atoms with Crippen LogP contribution >= 0.6 is 11.6 Å². The molecular weight excluding hydrogens is 433 g/mol. The Labute approximate surface area is 182 Å². The Bertz CT molecular complexity index is 1050. The van der Waals surface area contributed by atoms with Crippen molar-refractivity contribution in [3.63, 3.8) is 0 Å². The zero-order chi connectivity index (χ0) is 23.1. The molecule has 0 saturated heterocycles. The molecule has 2 aromatic carbocycles. The first-order chi connectivity index (χ1) is 14.3. The first-order valence-corrected chi connectivity index (χ1v) is 9.91. The summed E-state index contributed by atoms with van der Waals surface area (Å²) < 4.78 is 38.5. The predicted octanol–water partition coefficient (Wildman–Crippen LogP) is 6.44. The van der Waals surface area contributed by atoms with E-state index in [1.807, 2.05) is 19.2 Å². The summed E-state index contributed by atoms with van der Waals surface area (Å²) in [5, 5.41) is 15.6. The van der Waals surface area contributed by atoms with Crippen LogP contribution < -0.4 is 10.3 Å². The molecule has 0 aromatic heterocycles. The number of anilines is 2. The number of nitro groups is 1. The number of nitrogens with zero attached hydrogens (tertiary/aromatic N) is 3. The van der Waals surface area contributed by atoms with Crippen LogP contribution in [0.5, 0.6) is 0 Å². The smallest absolute Gasteiger partial charge is 0.369 e. The monoisotopic (exact) mass is 454 g/mol. The van der Waals surface area contributed by atoms with Gasteiger partial charge in [-0.2, -0.15) is 18.3 Å². The fraction of sp³-hybridized carbons (Fsp3) is 0.381. The highest BCUT2D eigenvalue weighted by molar-refractivity contribution is 6.33. The van der Waals surface area contributed by atoms with E-state index in [9.17, 15) is 23.3 Å². The minimum atomic E-state index is -4.68. The van der Waals surface area contributed by atoms with Crippen LogP contribution in [0, 0.1) is 10.1 Å². The number of alkyl halides is 3. The molecule has 1 aliphatic heterocycles. The standard InChI is InChI=1S/C21H22ClF3N4O2/c1-12-10-20(2,3)28(4)18-9-16(22)13(7-15(12)18)11-26-27-17-6-5-14(21(23,24)25)8-19(17)29(30)31/h5-9,11-12,27H,10H2,1-4H3/b26-11+. The second-order valence-electron chi connectivity index (χ2n) is 8.27. The molecule has 3 rings (SSSR count). The van der Waals surface area contributed by atoms with E-state index in [0.29, 0.717) is 16.7 Å². The quantitative estimate of drug-likeness (QED) is 0.328. The molecule has 0 amide bonds. The normalized spacial score (nSPS) is 18.2. The van der Waals surface area contributed by atoms with E-state index in [1.54, 1.807) is 0 Å². The lowest BCUT2D eigenvalue weighted by Crippen LogP contribution is -2.45. The van der Waals surface area contributed by atoms with Gasteiger partial charge < -0.3 is 4.90 Å². The zero-order valence-corrected chi connectivity index (χ0v) is 18.2. The Balaban J connectivity index is 1.89. The highest BCUT2D eigenvalue weighted by atomic mass is 35.5. The van der Waals surface area contributed by atoms with Crippen LogP contribution in [-0.2, 0) is 6.18 Å². The van der Waals surface area contributed by atoms with Gasteiger partial charge >= 0.3 is 6.18 Å². The van der Waals surface area contributed by atoms with E-state index < -0.39 is 22.4 Å². The molecule has 1 N–H and O–H groups in total. The molecule has 1 aliphatic rings. The molecule has 6 nitrogen and oxygen atoms in total. The number of rotatable bonds is 4. The molecule has 1 heterocycles. The SMILES string of the molecule is CC1CC(C)(C)N(C)c2cc(Cl)c(/C=N/Nc3ccc(C(F)(F)F)cc3[N+](=O)[O-])cc21. The van der Waals surface area contributed by atoms with Crippen molar-refractivity contribution in [2.45, 2.75) is 44.8 Å². The first kappa shape index (κ1) is 22.9. The van der Waals surface area contributed by atoms with Crippen molar-refractivity contribution in [1.29, 1.82) is 0 Å². The summed E-state index contributed by atoms with van der Waals surface area (Å²) in [5.41, 5.74) is 3.18. The zero-order valence-electron chi connectivity index (χ0n) is 17.4. The van der Waals surface area contributed by atoms with Gasteiger partial charge in [0.25, 0.3) is 5.69 Å². The van der Waals surface area contributed by atoms with Crippen LogP contribution in [0.3, 0.4) is 0 Å². The third-order valence-corrected chi connectivity index (χ3v) is 5.99. The number of nitro benzene ring substituents is 1. The van der Waals surface area contributed by atoms with Gasteiger partial charge in [-0.15, -0.1) is 0 Å². The lowest BCUT2D eigenvalue weighted by atomic mass is 9.80. The second kappa shape index (κ2) is 8.03. The molecule has 1 unspecified atom stereocenters. The molecular formula is C21H22ClF3N4O2. The molecule has 10 heteroatoms. The van der Waals surface area contributed by atoms with E-state index in [4.69, 9.17) is 11.6 Å². The maximum atomic E-state index is 12.8. The Morgan fingerprint density at radius 3 is 2.61 bits per heavy atom. The second-order valence-corrected chi connectivity index (χ2v) is 8.67. The van der Waals surface area contributed by atoms with Crippen molar-refractivity contribution in [1.82, 2.24) is 0 Å². The third kappa shape index (κ3) is 4.61. The number of hydrogen-bond acceptors (Lipinski definition) is 5. The minimum Gasteiger partial charge on any atom is -0.369 e. The first-order valence-electron chi connectivity index (χ1n) is 9.53. The van der Waals surface area contributed by atoms with Crippen LogP contribution in [0.15, 0.2) is 35.4 Å². The number of hydrogen-bond donors (Lipinski definition) is 1. The molecule has 0 radical (unpaired) electrons. The van der Waals surface area contributed by atoms with Gasteiger partial charge in [-0.05, 0) is 56.0 Å². The molecule has 0 spiro atoms. The fourth-order valence-electron chi connectivity index (χ4n) is 3.83. The van der Waals surface area contributed by atoms with Crippen molar-refractivity contribution < 1.29 is 18.1 Å². The van der Waals surface area contributed by atoms with Gasteiger partial charge in [-0.3, -0.25) is 15.5 Å². The highest BCUT2D eigenvalue weighted by Crippen LogP contribution is 2.44. The van der Waals surface area contributed by atoms with Gasteiger partial charge in [0.2, 0.25) is 0 Å². The van der Waals surface area contributed by atoms with Gasteiger partial charge in [0.05, 0.1) is 21.7 Å². The van der Waals surface area contributed by atoms with Gasteiger partial charge in [0.15, 0.2) is 0 Å². The number of benzene rings is 2. The van der Waals surface area contributed by atoms with Crippen molar-refractivity contribution in [3.05, 3.63) is 62.2 Å². The number of hydrazone groups is 1. The van der Waals surface area contributed by atoms with E-state index >= 15 is 0 Å². The number of nitrogens with one attached hydrogen (secondary N) is 1. The average Bonchev–Trinajstić information content (AvgIpc) is 2.66. The minimum absolute atomic E-state index is 0.0194. The lowest BCUT2D eigenvalue weighted by molar-refractivity contribution is -0.384. The molecule has 1 atom stereocenters. The van der Waals surface area contributed by atoms with Crippen molar-refractivity contribution >= 4 is 34.9 Å². The summed E-state index contributed by atoms with van der Waals surface area (Å²) in [4.78, 5) is 12.5. The molecule has 2 aromatic rings. The summed E-state index contributed by atoms with van der Waals surface area (Å²) in [6.07, 6.45) is -2.33. The number of fused-ring (bicyclic) bond motifs is 1. The van der Waals surface area contributed by atoms with E-state index in [-0.39, 0.29) is 17.1 Å². The third-order valence-electron chi connectivity index (χ3n) is 5.66. The molecule has 0 fully saturated rings. The van der Waals surface area contributed by atoms with Gasteiger partial charge in [0, 0.05) is 29.9 Å². The lowest BCUT2D eigenvalue weighted by Gasteiger charge is -2.45. The van der Waals surface area contributed by atoms with E-state index in [2.05, 4.69) is 36.2 Å². The molecule has 166 valence electrons. The Kier molecular flexibility index (Phi) is 5.92. The maximum absolute atomic E-state index is 12.8. The van der Waals surface area contributed by atoms with Crippen LogP contribution in [0.1, 0.15) is 49.8 Å². The van der Waals surface area contributed by atoms with Gasteiger partial charge in [-0.1, -0.05) is 18.5 Å². The topological polar surface area (TPSA) is 70.8 Å². The average molecular weight is 455 g/mol. The van der Waals surface area contributed by atoms with Crippen LogP contribution in [0.25, 0.3) is 0 Å². The van der Waals surface area contributed by atoms with Crippen molar-refractivity contribution in [2.24, 2.45) is 5.10 Å². The van der Waals surface area contributed by atoms with Crippen molar-refractivity contribution in [2.75, 3.05) is 17.4 Å². The van der Waals surface area contributed by atoms with Crippen LogP contribution in [0.2, 0.25) is 5.02 Å². The molecule has 31 heavy (non-hydrogen) atoms. The molecule has 0 saturated carbocycles. The van der Waals surface area contributed by atoms with Crippen LogP contribution in [0.4, 0.5) is 30.2 Å². The summed E-state index contributed by atoms with van der Waals surface area (Å²) >= 11 is 6.42. The van der Waals surface area contributed by atoms with E-state index in [1.165, 1.54) is 6.21 Å². The highest BCUT2D eigenvalue weighted by Gasteiger charge is 2.35. The Morgan fingerprint density at radius 1 is 1.32 bits per heavy atom. The summed E-state index contributed by atoms with van der Waals surface area (Å²) in [5.74, 6) is 0.287. The summed E-state index contributed by atoms with van der Waals surface area (Å²) in [7, 11) is 2.01. The summed E-state index contributed by atoms with van der Waals surface area (Å²) in [6.45, 7) is 6.46. The summed E-state index contributed by atoms with van der Waals surface area (Å²) in [6, 6.07) is 5.99. The Hall–Kier alpha value is -2.81. The maximum Gasteiger partial charge on any atom is 0.416 e. The predicted molar refractivity (Wildman–Crippen MR) is 116 cm³/mol. The van der Waals surface area contributed by atoms with Gasteiger partial charge in [0.1, 0.15) is 5.69 Å². The van der Waals surface area contributed by atoms with Crippen LogP contribution in [-0.4, -0.2) is 23.7 Å². The molecule has 0 bridgehead atoms. The van der Waals surface area contributed by atoms with E-state index in [0.717, 1.165) is 29.8 Å². The number of halogens is 4. The Morgan fingerprint density at radius 2 is 2.00 bits per heavy atom. The van der Waals surface area contributed by atoms with Gasteiger partial charge in [-0.25, -0.2) is 0 Å². The van der Waals surface area contributed by atoms with Crippen molar-refractivity contribution in [3.8, 4) is 0 Å².